The molecule has 1 heterocycles. The second-order valence-corrected chi connectivity index (χ2v) is 6.25. The van der Waals surface area contributed by atoms with Gasteiger partial charge in [0.15, 0.2) is 5.69 Å². The summed E-state index contributed by atoms with van der Waals surface area (Å²) in [6.07, 6.45) is 2.39. The maximum Gasteiger partial charge on any atom is 0.269 e. The minimum absolute atomic E-state index is 1.18. The fraction of sp³-hybridized carbons (Fsp3) is 0.438. The molecule has 1 aromatic carbocycles. The van der Waals surface area contributed by atoms with Crippen LogP contribution in [-0.4, -0.2) is 14.1 Å². The third kappa shape index (κ3) is 2.81. The van der Waals surface area contributed by atoms with Crippen molar-refractivity contribution in [1.29, 1.82) is 0 Å². The highest BCUT2D eigenvalue weighted by Gasteiger charge is 2.20. The normalized spacial score (nSPS) is 10.8. The highest BCUT2D eigenvalue weighted by Crippen LogP contribution is 2.28. The lowest BCUT2D eigenvalue weighted by atomic mass is 10.2. The Bertz CT molecular complexity index is 553. The molecule has 0 aliphatic rings. The largest absolute Gasteiger partial charge is 0.378 e. The molecule has 3 heteroatoms. The van der Waals surface area contributed by atoms with Crippen LogP contribution in [0.5, 0.6) is 0 Å². The Labute approximate surface area is 120 Å². The highest BCUT2D eigenvalue weighted by molar-refractivity contribution is 7.14. The van der Waals surface area contributed by atoms with E-state index in [0.29, 0.717) is 0 Å². The van der Waals surface area contributed by atoms with E-state index in [2.05, 4.69) is 68.7 Å². The summed E-state index contributed by atoms with van der Waals surface area (Å²) in [4.78, 5) is 3.64. The highest BCUT2D eigenvalue weighted by atomic mass is 32.1. The fourth-order valence-corrected chi connectivity index (χ4v) is 3.56. The molecule has 1 aromatic heterocycles. The summed E-state index contributed by atoms with van der Waals surface area (Å²) >= 11 is 1.93. The monoisotopic (exact) mass is 275 g/mol. The van der Waals surface area contributed by atoms with Crippen LogP contribution in [-0.2, 0) is 13.5 Å². The maximum absolute atomic E-state index is 2.32. The van der Waals surface area contributed by atoms with Crippen LogP contribution < -0.4 is 9.47 Å². The first-order valence-electron chi connectivity index (χ1n) is 6.80. The maximum atomic E-state index is 2.32. The van der Waals surface area contributed by atoms with Gasteiger partial charge in [0.05, 0.1) is 10.4 Å². The summed E-state index contributed by atoms with van der Waals surface area (Å²) < 4.78 is 2.32. The number of thiazole rings is 1. The van der Waals surface area contributed by atoms with Crippen molar-refractivity contribution >= 4 is 17.0 Å². The van der Waals surface area contributed by atoms with Gasteiger partial charge in [0, 0.05) is 26.7 Å². The van der Waals surface area contributed by atoms with Crippen molar-refractivity contribution in [3.8, 4) is 10.6 Å². The van der Waals surface area contributed by atoms with Crippen LogP contribution in [0.1, 0.15) is 23.9 Å². The molecule has 102 valence electrons. The third-order valence-corrected chi connectivity index (χ3v) is 4.99. The molecule has 0 spiro atoms. The number of hydrogen-bond acceptors (Lipinski definition) is 2. The lowest BCUT2D eigenvalue weighted by Gasteiger charge is -2.11. The quantitative estimate of drug-likeness (QED) is 0.774. The molecule has 19 heavy (non-hydrogen) atoms. The van der Waals surface area contributed by atoms with E-state index in [1.807, 2.05) is 11.3 Å². The molecule has 0 radical (unpaired) electrons. The molecule has 0 saturated heterocycles. The van der Waals surface area contributed by atoms with Crippen molar-refractivity contribution in [3.63, 3.8) is 0 Å². The zero-order chi connectivity index (χ0) is 14.0. The third-order valence-electron chi connectivity index (χ3n) is 3.54. The van der Waals surface area contributed by atoms with Gasteiger partial charge in [0.25, 0.3) is 5.01 Å². The first kappa shape index (κ1) is 14.1. The Balaban J connectivity index is 2.38. The molecule has 0 saturated carbocycles. The first-order chi connectivity index (χ1) is 9.04. The second kappa shape index (κ2) is 5.74. The molecule has 2 aromatic rings. The average Bonchev–Trinajstić information content (AvgIpc) is 2.68. The van der Waals surface area contributed by atoms with Crippen molar-refractivity contribution in [2.45, 2.75) is 26.7 Å². The van der Waals surface area contributed by atoms with Crippen molar-refractivity contribution in [3.05, 3.63) is 34.8 Å². The van der Waals surface area contributed by atoms with Gasteiger partial charge in [-0.15, -0.1) is 0 Å². The molecular weight excluding hydrogens is 252 g/mol. The number of hydrogen-bond donors (Lipinski definition) is 0. The number of aromatic nitrogens is 1. The number of aryl methyl sites for hydroxylation is 1. The molecule has 0 bridgehead atoms. The SMILES string of the molecule is CCCc1sc(-c2ccc(N(C)C)cc2)[n+](C)c1C. The molecule has 2 nitrogen and oxygen atoms in total. The summed E-state index contributed by atoms with van der Waals surface area (Å²) in [5.74, 6) is 0. The summed E-state index contributed by atoms with van der Waals surface area (Å²) in [6, 6.07) is 8.81. The first-order valence-corrected chi connectivity index (χ1v) is 7.62. The minimum atomic E-state index is 1.18. The van der Waals surface area contributed by atoms with E-state index < -0.39 is 0 Å². The van der Waals surface area contributed by atoms with Crippen LogP contribution in [0.4, 0.5) is 5.69 Å². The van der Waals surface area contributed by atoms with Gasteiger partial charge in [0.2, 0.25) is 0 Å². The number of rotatable bonds is 4. The number of nitrogens with zero attached hydrogens (tertiary/aromatic N) is 2. The Morgan fingerprint density at radius 1 is 1.16 bits per heavy atom. The Hall–Kier alpha value is -1.35. The van der Waals surface area contributed by atoms with E-state index in [4.69, 9.17) is 0 Å². The van der Waals surface area contributed by atoms with E-state index in [-0.39, 0.29) is 0 Å². The molecule has 0 aliphatic heterocycles. The van der Waals surface area contributed by atoms with Gasteiger partial charge in [-0.3, -0.25) is 0 Å². The van der Waals surface area contributed by atoms with Gasteiger partial charge < -0.3 is 4.90 Å². The van der Waals surface area contributed by atoms with E-state index >= 15 is 0 Å². The van der Waals surface area contributed by atoms with Crippen LogP contribution in [0.15, 0.2) is 24.3 Å². The van der Waals surface area contributed by atoms with Gasteiger partial charge in [-0.2, -0.15) is 4.57 Å². The van der Waals surface area contributed by atoms with Crippen LogP contribution >= 0.6 is 11.3 Å². The molecule has 2 rings (SSSR count). The Morgan fingerprint density at radius 3 is 2.32 bits per heavy atom. The van der Waals surface area contributed by atoms with E-state index in [9.17, 15) is 0 Å². The molecule has 0 fully saturated rings. The van der Waals surface area contributed by atoms with Gasteiger partial charge in [-0.25, -0.2) is 0 Å². The molecular formula is C16H23N2S+. The topological polar surface area (TPSA) is 7.12 Å². The van der Waals surface area contributed by atoms with Crippen LogP contribution in [0.2, 0.25) is 0 Å². The summed E-state index contributed by atoms with van der Waals surface area (Å²) in [5, 5.41) is 1.35. The Morgan fingerprint density at radius 2 is 1.79 bits per heavy atom. The summed E-state index contributed by atoms with van der Waals surface area (Å²) in [5.41, 5.74) is 3.95. The lowest BCUT2D eigenvalue weighted by molar-refractivity contribution is -0.662. The van der Waals surface area contributed by atoms with Crippen LogP contribution in [0.25, 0.3) is 10.6 Å². The van der Waals surface area contributed by atoms with Crippen molar-refractivity contribution < 1.29 is 4.57 Å². The minimum Gasteiger partial charge on any atom is -0.378 e. The van der Waals surface area contributed by atoms with Crippen molar-refractivity contribution in [2.24, 2.45) is 7.05 Å². The van der Waals surface area contributed by atoms with E-state index in [1.54, 1.807) is 0 Å². The predicted molar refractivity (Wildman–Crippen MR) is 84.0 cm³/mol. The van der Waals surface area contributed by atoms with Crippen molar-refractivity contribution in [1.82, 2.24) is 0 Å². The van der Waals surface area contributed by atoms with Gasteiger partial charge in [-0.1, -0.05) is 24.7 Å². The van der Waals surface area contributed by atoms with Crippen LogP contribution in [0, 0.1) is 6.92 Å². The Kier molecular flexibility index (Phi) is 4.25. The fourth-order valence-electron chi connectivity index (χ4n) is 2.21. The molecule has 0 N–H and O–H groups in total. The number of benzene rings is 1. The van der Waals surface area contributed by atoms with E-state index in [0.717, 1.165) is 0 Å². The zero-order valence-electron chi connectivity index (χ0n) is 12.5. The summed E-state index contributed by atoms with van der Waals surface area (Å²) in [6.45, 7) is 4.46. The van der Waals surface area contributed by atoms with Gasteiger partial charge >= 0.3 is 0 Å². The smallest absolute Gasteiger partial charge is 0.269 e. The predicted octanol–water partition coefficient (Wildman–Crippen LogP) is 3.57. The summed E-state index contributed by atoms with van der Waals surface area (Å²) in [7, 11) is 6.31. The molecule has 0 aliphatic carbocycles. The molecule has 0 unspecified atom stereocenters. The van der Waals surface area contributed by atoms with Gasteiger partial charge in [-0.05, 0) is 30.7 Å². The lowest BCUT2D eigenvalue weighted by Crippen LogP contribution is -2.31. The number of anilines is 1. The molecule has 0 atom stereocenters. The standard InChI is InChI=1S/C16H23N2S/c1-6-7-15-12(2)18(5)16(19-15)13-8-10-14(11-9-13)17(3)4/h8-11H,6-7H2,1-5H3/q+1. The van der Waals surface area contributed by atoms with Crippen LogP contribution in [0.3, 0.4) is 0 Å². The van der Waals surface area contributed by atoms with Crippen molar-refractivity contribution in [2.75, 3.05) is 19.0 Å². The van der Waals surface area contributed by atoms with E-state index in [1.165, 1.54) is 39.7 Å². The van der Waals surface area contributed by atoms with Gasteiger partial charge in [0.1, 0.15) is 7.05 Å². The average molecular weight is 275 g/mol. The second-order valence-electron chi connectivity index (χ2n) is 5.17. The zero-order valence-corrected chi connectivity index (χ0v) is 13.3. The molecule has 0 amide bonds.